The summed E-state index contributed by atoms with van der Waals surface area (Å²) in [4.78, 5) is 25.1. The van der Waals surface area contributed by atoms with Crippen LogP contribution >= 0.6 is 0 Å². The van der Waals surface area contributed by atoms with Gasteiger partial charge in [-0.25, -0.2) is 9.78 Å². The second-order valence-corrected chi connectivity index (χ2v) is 3.71. The molecule has 0 bridgehead atoms. The third-order valence-electron chi connectivity index (χ3n) is 2.40. The Kier molecular flexibility index (Phi) is 3.18. The molecule has 88 valence electrons. The predicted octanol–water partition coefficient (Wildman–Crippen LogP) is 1.17. The maximum Gasteiger partial charge on any atom is 0.347 e. The highest BCUT2D eigenvalue weighted by molar-refractivity contribution is 5.55. The molecule has 0 saturated carbocycles. The van der Waals surface area contributed by atoms with E-state index in [9.17, 15) is 9.59 Å². The molecule has 0 radical (unpaired) electrons. The Labute approximate surface area is 97.7 Å². The van der Waals surface area contributed by atoms with Gasteiger partial charge in [-0.2, -0.15) is 0 Å². The smallest absolute Gasteiger partial charge is 0.347 e. The fourth-order valence-electron chi connectivity index (χ4n) is 1.51. The summed E-state index contributed by atoms with van der Waals surface area (Å²) in [5, 5.41) is 0. The third kappa shape index (κ3) is 2.50. The van der Waals surface area contributed by atoms with Crippen LogP contribution in [0.1, 0.15) is 12.2 Å². The Morgan fingerprint density at radius 3 is 3.00 bits per heavy atom. The van der Waals surface area contributed by atoms with E-state index in [1.165, 1.54) is 10.8 Å². The lowest BCUT2D eigenvalue weighted by Crippen LogP contribution is -2.18. The number of carbonyl (C=O) groups excluding carboxylic acids is 1. The Balaban J connectivity index is 2.27. The number of rotatable bonds is 4. The van der Waals surface area contributed by atoms with Crippen molar-refractivity contribution in [1.82, 2.24) is 9.55 Å². The lowest BCUT2D eigenvalue weighted by molar-refractivity contribution is -0.107. The average molecular weight is 232 g/mol. The molecule has 2 aromatic rings. The fourth-order valence-corrected chi connectivity index (χ4v) is 1.51. The highest BCUT2D eigenvalue weighted by Crippen LogP contribution is 2.20. The van der Waals surface area contributed by atoms with E-state index in [-0.39, 0.29) is 5.69 Å². The van der Waals surface area contributed by atoms with Gasteiger partial charge in [0.1, 0.15) is 17.8 Å². The summed E-state index contributed by atoms with van der Waals surface area (Å²) >= 11 is 0. The van der Waals surface area contributed by atoms with Gasteiger partial charge in [0.05, 0.1) is 5.56 Å². The fraction of sp³-hybridized carbons (Fsp3) is 0.250. The molecule has 0 amide bonds. The average Bonchev–Trinajstić information content (AvgIpc) is 2.79. The van der Waals surface area contributed by atoms with Crippen LogP contribution in [0.4, 0.5) is 0 Å². The molecule has 0 spiro atoms. The first-order chi connectivity index (χ1) is 8.20. The number of carbonyl (C=O) groups is 1. The molecule has 0 atom stereocenters. The Morgan fingerprint density at radius 1 is 1.47 bits per heavy atom. The van der Waals surface area contributed by atoms with Crippen molar-refractivity contribution in [3.05, 3.63) is 40.8 Å². The zero-order valence-electron chi connectivity index (χ0n) is 9.42. The molecule has 0 aliphatic carbocycles. The number of aryl methyl sites for hydroxylation is 2. The van der Waals surface area contributed by atoms with Crippen molar-refractivity contribution in [3.8, 4) is 11.3 Å². The van der Waals surface area contributed by atoms with E-state index in [1.54, 1.807) is 13.2 Å². The van der Waals surface area contributed by atoms with E-state index in [1.807, 2.05) is 12.1 Å². The molecule has 0 aliphatic rings. The first kappa shape index (κ1) is 11.3. The molecule has 5 nitrogen and oxygen atoms in total. The maximum absolute atomic E-state index is 11.1. The number of hydrogen-bond acceptors (Lipinski definition) is 4. The Morgan fingerprint density at radius 2 is 2.29 bits per heavy atom. The van der Waals surface area contributed by atoms with Crippen LogP contribution in [-0.4, -0.2) is 15.8 Å². The van der Waals surface area contributed by atoms with Crippen LogP contribution in [0, 0.1) is 0 Å². The largest absolute Gasteiger partial charge is 0.461 e. The van der Waals surface area contributed by atoms with E-state index in [0.29, 0.717) is 18.6 Å². The van der Waals surface area contributed by atoms with Crippen LogP contribution in [0.15, 0.2) is 33.7 Å². The SMILES string of the molecule is Cn1cc(-c2ccc(CCC=O)o2)cnc1=O. The van der Waals surface area contributed by atoms with Crippen molar-refractivity contribution in [2.24, 2.45) is 7.05 Å². The predicted molar refractivity (Wildman–Crippen MR) is 61.6 cm³/mol. The van der Waals surface area contributed by atoms with Gasteiger partial charge < -0.3 is 13.8 Å². The van der Waals surface area contributed by atoms with Gasteiger partial charge in [0.25, 0.3) is 0 Å². The second kappa shape index (κ2) is 4.78. The molecule has 0 unspecified atom stereocenters. The standard InChI is InChI=1S/C12H12N2O3/c1-14-8-9(7-13-12(14)16)11-5-4-10(17-11)3-2-6-15/h4-8H,2-3H2,1H3. The normalized spacial score (nSPS) is 10.4. The zero-order chi connectivity index (χ0) is 12.3. The summed E-state index contributed by atoms with van der Waals surface area (Å²) in [7, 11) is 1.63. The minimum absolute atomic E-state index is 0.304. The van der Waals surface area contributed by atoms with Crippen molar-refractivity contribution in [1.29, 1.82) is 0 Å². The summed E-state index contributed by atoms with van der Waals surface area (Å²) in [6, 6.07) is 3.63. The van der Waals surface area contributed by atoms with Crippen molar-refractivity contribution in [2.45, 2.75) is 12.8 Å². The Hall–Kier alpha value is -2.17. The molecule has 0 aliphatic heterocycles. The first-order valence-electron chi connectivity index (χ1n) is 5.26. The van der Waals surface area contributed by atoms with Crippen LogP contribution in [0.3, 0.4) is 0 Å². The van der Waals surface area contributed by atoms with Gasteiger partial charge in [0, 0.05) is 32.3 Å². The van der Waals surface area contributed by atoms with E-state index in [4.69, 9.17) is 4.42 Å². The molecule has 2 aromatic heterocycles. The van der Waals surface area contributed by atoms with Crippen molar-refractivity contribution in [2.75, 3.05) is 0 Å². The molecular weight excluding hydrogens is 220 g/mol. The second-order valence-electron chi connectivity index (χ2n) is 3.71. The van der Waals surface area contributed by atoms with E-state index in [2.05, 4.69) is 4.98 Å². The van der Waals surface area contributed by atoms with Gasteiger partial charge in [-0.3, -0.25) is 0 Å². The van der Waals surface area contributed by atoms with Crippen molar-refractivity contribution in [3.63, 3.8) is 0 Å². The molecular formula is C12H12N2O3. The van der Waals surface area contributed by atoms with E-state index < -0.39 is 0 Å². The third-order valence-corrected chi connectivity index (χ3v) is 2.40. The zero-order valence-corrected chi connectivity index (χ0v) is 9.42. The van der Waals surface area contributed by atoms with Gasteiger partial charge in [-0.1, -0.05) is 0 Å². The highest BCUT2D eigenvalue weighted by Gasteiger charge is 2.06. The summed E-state index contributed by atoms with van der Waals surface area (Å²) < 4.78 is 6.94. The van der Waals surface area contributed by atoms with Crippen LogP contribution in [0.2, 0.25) is 0 Å². The molecule has 17 heavy (non-hydrogen) atoms. The topological polar surface area (TPSA) is 65.1 Å². The first-order valence-corrected chi connectivity index (χ1v) is 5.26. The van der Waals surface area contributed by atoms with Crippen LogP contribution in [0.25, 0.3) is 11.3 Å². The molecule has 0 N–H and O–H groups in total. The van der Waals surface area contributed by atoms with Gasteiger partial charge in [0.15, 0.2) is 0 Å². The van der Waals surface area contributed by atoms with Crippen LogP contribution in [0.5, 0.6) is 0 Å². The molecule has 0 fully saturated rings. The highest BCUT2D eigenvalue weighted by atomic mass is 16.3. The minimum Gasteiger partial charge on any atom is -0.461 e. The molecule has 0 aromatic carbocycles. The van der Waals surface area contributed by atoms with Gasteiger partial charge in [0.2, 0.25) is 0 Å². The van der Waals surface area contributed by atoms with Gasteiger partial charge in [-0.05, 0) is 12.1 Å². The lowest BCUT2D eigenvalue weighted by atomic mass is 10.2. The van der Waals surface area contributed by atoms with E-state index >= 15 is 0 Å². The molecule has 2 heterocycles. The quantitative estimate of drug-likeness (QED) is 0.742. The number of aromatic nitrogens is 2. The molecule has 0 saturated heterocycles. The van der Waals surface area contributed by atoms with Crippen molar-refractivity contribution >= 4 is 6.29 Å². The number of hydrogen-bond donors (Lipinski definition) is 0. The van der Waals surface area contributed by atoms with Crippen LogP contribution in [-0.2, 0) is 18.3 Å². The maximum atomic E-state index is 11.1. The number of aldehydes is 1. The monoisotopic (exact) mass is 232 g/mol. The molecule has 5 heteroatoms. The summed E-state index contributed by atoms with van der Waals surface area (Å²) in [6.45, 7) is 0. The lowest BCUT2D eigenvalue weighted by Gasteiger charge is -1.99. The molecule has 2 rings (SSSR count). The van der Waals surface area contributed by atoms with E-state index in [0.717, 1.165) is 17.6 Å². The van der Waals surface area contributed by atoms with Gasteiger partial charge in [-0.15, -0.1) is 0 Å². The summed E-state index contributed by atoms with van der Waals surface area (Å²) in [5.41, 5.74) is 0.436. The number of nitrogens with zero attached hydrogens (tertiary/aromatic N) is 2. The summed E-state index contributed by atoms with van der Waals surface area (Å²) in [5.74, 6) is 1.40. The Bertz CT molecular complexity index is 583. The summed E-state index contributed by atoms with van der Waals surface area (Å²) in [6.07, 6.45) is 5.03. The van der Waals surface area contributed by atoms with Crippen LogP contribution < -0.4 is 5.69 Å². The van der Waals surface area contributed by atoms with Gasteiger partial charge >= 0.3 is 5.69 Å². The van der Waals surface area contributed by atoms with Crippen molar-refractivity contribution < 1.29 is 9.21 Å². The number of furan rings is 1. The minimum atomic E-state index is -0.304.